The van der Waals surface area contributed by atoms with Gasteiger partial charge in [0.2, 0.25) is 0 Å². The van der Waals surface area contributed by atoms with E-state index in [0.717, 1.165) is 17.5 Å². The summed E-state index contributed by atoms with van der Waals surface area (Å²) >= 11 is 4.73. The Hall–Kier alpha value is -1.03. The molecular weight excluding hydrogens is 402 g/mol. The lowest BCUT2D eigenvalue weighted by Gasteiger charge is -2.23. The van der Waals surface area contributed by atoms with Gasteiger partial charge in [-0.2, -0.15) is 0 Å². The van der Waals surface area contributed by atoms with E-state index in [4.69, 9.17) is 0 Å². The molecule has 0 saturated carbocycles. The minimum Gasteiger partial charge on any atom is -0.388 e. The summed E-state index contributed by atoms with van der Waals surface area (Å²) in [7, 11) is -3.68. The summed E-state index contributed by atoms with van der Waals surface area (Å²) < 4.78 is 28.2. The second-order valence-electron chi connectivity index (χ2n) is 5.60. The maximum atomic E-state index is 12.8. The van der Waals surface area contributed by atoms with Crippen LogP contribution in [0.25, 0.3) is 0 Å². The highest BCUT2D eigenvalue weighted by Gasteiger charge is 2.44. The molecule has 3 atom stereocenters. The highest BCUT2D eigenvalue weighted by Crippen LogP contribution is 2.37. The Bertz CT molecular complexity index is 825. The number of rotatable bonds is 3. The van der Waals surface area contributed by atoms with Gasteiger partial charge in [-0.05, 0) is 41.5 Å². The molecule has 2 aliphatic heterocycles. The number of nitrogens with zero attached hydrogens (tertiary/aromatic N) is 2. The van der Waals surface area contributed by atoms with E-state index in [1.54, 1.807) is 23.2 Å². The minimum atomic E-state index is -3.68. The molecule has 0 bridgehead atoms. The lowest BCUT2D eigenvalue weighted by Crippen LogP contribution is -2.42. The fourth-order valence-electron chi connectivity index (χ4n) is 3.04. The molecule has 122 valence electrons. The van der Waals surface area contributed by atoms with E-state index in [2.05, 4.69) is 25.6 Å². The van der Waals surface area contributed by atoms with Crippen molar-refractivity contribution in [3.8, 4) is 0 Å². The zero-order chi connectivity index (χ0) is 16.2. The van der Waals surface area contributed by atoms with Crippen LogP contribution in [0.2, 0.25) is 0 Å². The van der Waals surface area contributed by atoms with E-state index in [1.165, 1.54) is 11.8 Å². The number of aliphatic hydroxyl groups excluding tert-OH is 1. The third-order valence-corrected chi connectivity index (χ3v) is 7.61. The van der Waals surface area contributed by atoms with E-state index < -0.39 is 26.5 Å². The van der Waals surface area contributed by atoms with Crippen molar-refractivity contribution in [2.24, 2.45) is 4.99 Å². The van der Waals surface area contributed by atoms with E-state index in [9.17, 15) is 13.5 Å². The molecule has 1 aromatic carbocycles. The van der Waals surface area contributed by atoms with Crippen LogP contribution >= 0.6 is 27.7 Å². The molecule has 2 heterocycles. The number of thioether (sulfide) groups is 1. The number of halogens is 1. The molecule has 0 fully saturated rings. The fraction of sp³-hybridized carbons (Fsp3) is 0.357. The van der Waals surface area contributed by atoms with Crippen molar-refractivity contribution in [1.82, 2.24) is 4.90 Å². The molecule has 1 aromatic rings. The second-order valence-corrected chi connectivity index (χ2v) is 9.19. The zero-order valence-corrected chi connectivity index (χ0v) is 15.1. The van der Waals surface area contributed by atoms with Gasteiger partial charge in [0.1, 0.15) is 4.95 Å². The lowest BCUT2D eigenvalue weighted by molar-refractivity contribution is 0.180. The first kappa shape index (κ1) is 15.5. The summed E-state index contributed by atoms with van der Waals surface area (Å²) in [5.41, 5.74) is 2.35. The number of aryl methyl sites for hydroxylation is 1. The van der Waals surface area contributed by atoms with Crippen molar-refractivity contribution >= 4 is 48.6 Å². The summed E-state index contributed by atoms with van der Waals surface area (Å²) in [4.78, 5) is 5.44. The molecule has 9 heteroatoms. The number of anilines is 1. The van der Waals surface area contributed by atoms with Crippen LogP contribution in [0, 0.1) is 0 Å². The average molecular weight is 416 g/mol. The first-order valence-corrected chi connectivity index (χ1v) is 10.5. The topological polar surface area (TPSA) is 82.0 Å². The average Bonchev–Trinajstić information content (AvgIpc) is 3.13. The maximum Gasteiger partial charge on any atom is 0.257 e. The molecule has 2 unspecified atom stereocenters. The number of hydrogen-bond acceptors (Lipinski definition) is 6. The normalized spacial score (nSPS) is 28.7. The van der Waals surface area contributed by atoms with Crippen molar-refractivity contribution in [3.05, 3.63) is 40.9 Å². The van der Waals surface area contributed by atoms with Crippen molar-refractivity contribution in [3.63, 3.8) is 0 Å². The molecule has 6 nitrogen and oxygen atoms in total. The molecule has 0 radical (unpaired) electrons. The van der Waals surface area contributed by atoms with Crippen LogP contribution in [0.15, 0.2) is 34.8 Å². The number of amidine groups is 1. The number of sulfonamides is 1. The van der Waals surface area contributed by atoms with Crippen LogP contribution in [-0.2, 0) is 16.4 Å². The monoisotopic (exact) mass is 415 g/mol. The van der Waals surface area contributed by atoms with E-state index in [0.29, 0.717) is 17.3 Å². The van der Waals surface area contributed by atoms with E-state index >= 15 is 0 Å². The van der Waals surface area contributed by atoms with Gasteiger partial charge in [0, 0.05) is 11.9 Å². The molecule has 2 N–H and O–H groups in total. The van der Waals surface area contributed by atoms with Crippen LogP contribution in [-0.4, -0.2) is 33.9 Å². The Morgan fingerprint density at radius 2 is 2.26 bits per heavy atom. The molecular formula is C14H14BrN3O3S2. The summed E-state index contributed by atoms with van der Waals surface area (Å²) in [6.07, 6.45) is 2.71. The number of alkyl halides is 1. The van der Waals surface area contributed by atoms with Gasteiger partial charge in [0.15, 0.2) is 10.5 Å². The van der Waals surface area contributed by atoms with E-state index in [1.807, 2.05) is 11.5 Å². The van der Waals surface area contributed by atoms with Gasteiger partial charge >= 0.3 is 0 Å². The molecule has 1 aliphatic carbocycles. The lowest BCUT2D eigenvalue weighted by atomic mass is 10.1. The highest BCUT2D eigenvalue weighted by molar-refractivity contribution is 9.09. The van der Waals surface area contributed by atoms with Gasteiger partial charge in [-0.15, -0.1) is 0 Å². The van der Waals surface area contributed by atoms with Crippen LogP contribution in [0.5, 0.6) is 0 Å². The molecule has 0 amide bonds. The maximum absolute atomic E-state index is 12.8. The Labute approximate surface area is 146 Å². The van der Waals surface area contributed by atoms with Crippen molar-refractivity contribution in [2.75, 3.05) is 4.72 Å². The Morgan fingerprint density at radius 3 is 3.09 bits per heavy atom. The first-order chi connectivity index (χ1) is 11.0. The van der Waals surface area contributed by atoms with E-state index in [-0.39, 0.29) is 0 Å². The summed E-state index contributed by atoms with van der Waals surface area (Å²) in [6.45, 7) is 0. The summed E-state index contributed by atoms with van der Waals surface area (Å²) in [6, 6.07) is 5.33. The molecule has 0 aromatic heterocycles. The standard InChI is InChI=1S/C14H14BrN3O3S2/c15-12-13(18-5-6-22-14(18)16-12)23(20,21)17-9-3-1-8-2-4-11(19)10(8)7-9/h1,3,5-7,11-13,17,19H,2,4H2/t11-,12?,13?/m0/s1. The van der Waals surface area contributed by atoms with Crippen LogP contribution in [0.4, 0.5) is 5.69 Å². The largest absolute Gasteiger partial charge is 0.388 e. The number of aliphatic hydroxyl groups is 1. The molecule has 0 spiro atoms. The molecule has 23 heavy (non-hydrogen) atoms. The van der Waals surface area contributed by atoms with Gasteiger partial charge < -0.3 is 10.0 Å². The molecule has 3 aliphatic rings. The molecule has 4 rings (SSSR count). The Balaban J connectivity index is 1.61. The van der Waals surface area contributed by atoms with Crippen LogP contribution in [0.3, 0.4) is 0 Å². The van der Waals surface area contributed by atoms with Crippen molar-refractivity contribution < 1.29 is 13.5 Å². The number of nitrogens with one attached hydrogen (secondary N) is 1. The summed E-state index contributed by atoms with van der Waals surface area (Å²) in [5.74, 6) is 0. The first-order valence-electron chi connectivity index (χ1n) is 7.12. The van der Waals surface area contributed by atoms with Gasteiger partial charge in [0.25, 0.3) is 10.0 Å². The number of hydrogen-bond donors (Lipinski definition) is 2. The Morgan fingerprint density at radius 1 is 1.43 bits per heavy atom. The predicted octanol–water partition coefficient (Wildman–Crippen LogP) is 2.34. The zero-order valence-electron chi connectivity index (χ0n) is 11.9. The Kier molecular flexibility index (Phi) is 3.71. The van der Waals surface area contributed by atoms with Gasteiger partial charge in [-0.1, -0.05) is 33.8 Å². The van der Waals surface area contributed by atoms with Gasteiger partial charge in [0.05, 0.1) is 6.10 Å². The number of fused-ring (bicyclic) bond motifs is 2. The third kappa shape index (κ3) is 2.59. The SMILES string of the molecule is O=S(=O)(Nc1ccc2c(c1)[C@@H](O)CC2)C1C(Br)N=C2SC=CN21. The smallest absolute Gasteiger partial charge is 0.257 e. The minimum absolute atomic E-state index is 0.466. The van der Waals surface area contributed by atoms with Crippen molar-refractivity contribution in [1.29, 1.82) is 0 Å². The van der Waals surface area contributed by atoms with Crippen molar-refractivity contribution in [2.45, 2.75) is 29.3 Å². The highest BCUT2D eigenvalue weighted by atomic mass is 79.9. The van der Waals surface area contributed by atoms with Gasteiger partial charge in [-0.3, -0.25) is 4.72 Å². The molecule has 0 saturated heterocycles. The van der Waals surface area contributed by atoms with Crippen LogP contribution < -0.4 is 4.72 Å². The van der Waals surface area contributed by atoms with Crippen LogP contribution in [0.1, 0.15) is 23.7 Å². The summed E-state index contributed by atoms with van der Waals surface area (Å²) in [5, 5.41) is 11.6. The predicted molar refractivity (Wildman–Crippen MR) is 94.8 cm³/mol. The second kappa shape index (κ2) is 5.51. The fourth-order valence-corrected chi connectivity index (χ4v) is 6.73. The van der Waals surface area contributed by atoms with Gasteiger partial charge in [-0.25, -0.2) is 13.4 Å². The number of aliphatic imine (C=N–C) groups is 1. The quantitative estimate of drug-likeness (QED) is 0.584. The number of benzene rings is 1. The third-order valence-electron chi connectivity index (χ3n) is 4.13.